The second-order valence-corrected chi connectivity index (χ2v) is 4.75. The summed E-state index contributed by atoms with van der Waals surface area (Å²) in [5.74, 6) is 5.15. The molecular formula is C14H15ClN4O. The van der Waals surface area contributed by atoms with Crippen LogP contribution in [0.25, 0.3) is 0 Å². The lowest BCUT2D eigenvalue weighted by Crippen LogP contribution is -2.28. The number of amides is 1. The predicted molar refractivity (Wildman–Crippen MR) is 79.4 cm³/mol. The Morgan fingerprint density at radius 2 is 2.00 bits per heavy atom. The van der Waals surface area contributed by atoms with E-state index in [1.165, 1.54) is 0 Å². The Morgan fingerprint density at radius 3 is 2.65 bits per heavy atom. The normalized spacial score (nSPS) is 11.8. The van der Waals surface area contributed by atoms with Crippen LogP contribution in [0.4, 0.5) is 5.69 Å². The number of nitrogens with one attached hydrogen (secondary N) is 2. The Bertz CT molecular complexity index is 603. The summed E-state index contributed by atoms with van der Waals surface area (Å²) in [4.78, 5) is 16.2. The lowest BCUT2D eigenvalue weighted by molar-refractivity contribution is 0.0940. The van der Waals surface area contributed by atoms with E-state index in [9.17, 15) is 4.79 Å². The average Bonchev–Trinajstić information content (AvgIpc) is 2.48. The molecule has 0 spiro atoms. The number of benzene rings is 1. The summed E-state index contributed by atoms with van der Waals surface area (Å²) in [5, 5.41) is 3.37. The lowest BCUT2D eigenvalue weighted by atomic mass is 10.1. The SMILES string of the molecule is CC(NC(=O)c1cc(Cl)ccc1NN)c1ccncc1. The molecule has 0 saturated heterocycles. The van der Waals surface area contributed by atoms with Crippen LogP contribution in [0, 0.1) is 0 Å². The van der Waals surface area contributed by atoms with E-state index >= 15 is 0 Å². The molecule has 2 aromatic rings. The summed E-state index contributed by atoms with van der Waals surface area (Å²) in [6, 6.07) is 8.46. The molecule has 4 N–H and O–H groups in total. The van der Waals surface area contributed by atoms with E-state index in [1.807, 2.05) is 19.1 Å². The molecule has 1 unspecified atom stereocenters. The monoisotopic (exact) mass is 290 g/mol. The first-order chi connectivity index (χ1) is 9.61. The zero-order valence-electron chi connectivity index (χ0n) is 10.9. The van der Waals surface area contributed by atoms with E-state index in [0.29, 0.717) is 16.3 Å². The van der Waals surface area contributed by atoms with Crippen LogP contribution in [0.1, 0.15) is 28.9 Å². The van der Waals surface area contributed by atoms with Crippen LogP contribution in [0.2, 0.25) is 5.02 Å². The van der Waals surface area contributed by atoms with Crippen LogP contribution in [0.3, 0.4) is 0 Å². The van der Waals surface area contributed by atoms with Gasteiger partial charge < -0.3 is 10.7 Å². The quantitative estimate of drug-likeness (QED) is 0.597. The van der Waals surface area contributed by atoms with E-state index in [-0.39, 0.29) is 11.9 Å². The first kappa shape index (κ1) is 14.3. The molecule has 6 heteroatoms. The largest absolute Gasteiger partial charge is 0.345 e. The Balaban J connectivity index is 2.18. The number of carbonyl (C=O) groups excluding carboxylic acids is 1. The summed E-state index contributed by atoms with van der Waals surface area (Å²) in [7, 11) is 0. The van der Waals surface area contributed by atoms with Crippen molar-refractivity contribution in [2.24, 2.45) is 5.84 Å². The number of pyridine rings is 1. The van der Waals surface area contributed by atoms with Crippen molar-refractivity contribution in [1.82, 2.24) is 10.3 Å². The third-order valence-corrected chi connectivity index (χ3v) is 3.17. The minimum absolute atomic E-state index is 0.143. The Morgan fingerprint density at radius 1 is 1.30 bits per heavy atom. The summed E-state index contributed by atoms with van der Waals surface area (Å²) in [6.07, 6.45) is 3.37. The van der Waals surface area contributed by atoms with Crippen LogP contribution in [-0.4, -0.2) is 10.9 Å². The fourth-order valence-electron chi connectivity index (χ4n) is 1.84. The minimum atomic E-state index is -0.246. The molecule has 1 aromatic heterocycles. The van der Waals surface area contributed by atoms with Crippen molar-refractivity contribution < 1.29 is 4.79 Å². The molecule has 2 rings (SSSR count). The van der Waals surface area contributed by atoms with Gasteiger partial charge in [-0.3, -0.25) is 15.6 Å². The number of aromatic nitrogens is 1. The van der Waals surface area contributed by atoms with Crippen molar-refractivity contribution in [2.45, 2.75) is 13.0 Å². The highest BCUT2D eigenvalue weighted by Gasteiger charge is 2.15. The van der Waals surface area contributed by atoms with Crippen LogP contribution in [0.5, 0.6) is 0 Å². The molecule has 20 heavy (non-hydrogen) atoms. The average molecular weight is 291 g/mol. The zero-order chi connectivity index (χ0) is 14.5. The number of carbonyl (C=O) groups is 1. The number of hydrazine groups is 1. The van der Waals surface area contributed by atoms with Crippen molar-refractivity contribution in [1.29, 1.82) is 0 Å². The van der Waals surface area contributed by atoms with E-state index in [1.54, 1.807) is 30.6 Å². The minimum Gasteiger partial charge on any atom is -0.345 e. The van der Waals surface area contributed by atoms with Gasteiger partial charge in [-0.2, -0.15) is 0 Å². The van der Waals surface area contributed by atoms with Gasteiger partial charge in [-0.15, -0.1) is 0 Å². The molecule has 5 nitrogen and oxygen atoms in total. The van der Waals surface area contributed by atoms with Gasteiger partial charge in [0.15, 0.2) is 0 Å². The molecule has 1 heterocycles. The zero-order valence-corrected chi connectivity index (χ0v) is 11.7. The summed E-state index contributed by atoms with van der Waals surface area (Å²) < 4.78 is 0. The van der Waals surface area contributed by atoms with Gasteiger partial charge in [-0.05, 0) is 42.8 Å². The molecular weight excluding hydrogens is 276 g/mol. The third kappa shape index (κ3) is 3.26. The number of halogens is 1. The van der Waals surface area contributed by atoms with E-state index in [2.05, 4.69) is 15.7 Å². The van der Waals surface area contributed by atoms with Crippen molar-refractivity contribution in [2.75, 3.05) is 5.43 Å². The van der Waals surface area contributed by atoms with Gasteiger partial charge in [0.25, 0.3) is 5.91 Å². The van der Waals surface area contributed by atoms with Crippen molar-refractivity contribution in [3.05, 3.63) is 58.9 Å². The van der Waals surface area contributed by atoms with Gasteiger partial charge >= 0.3 is 0 Å². The van der Waals surface area contributed by atoms with Gasteiger partial charge in [0.1, 0.15) is 0 Å². The highest BCUT2D eigenvalue weighted by Crippen LogP contribution is 2.21. The third-order valence-electron chi connectivity index (χ3n) is 2.94. The topological polar surface area (TPSA) is 80.0 Å². The summed E-state index contributed by atoms with van der Waals surface area (Å²) in [5.41, 5.74) is 4.38. The first-order valence-electron chi connectivity index (χ1n) is 6.08. The standard InChI is InChI=1S/C14H15ClN4O/c1-9(10-4-6-17-7-5-10)18-14(20)12-8-11(15)2-3-13(12)19-16/h2-9,19H,16H2,1H3,(H,18,20). The van der Waals surface area contributed by atoms with E-state index < -0.39 is 0 Å². The molecule has 0 bridgehead atoms. The highest BCUT2D eigenvalue weighted by molar-refractivity contribution is 6.31. The summed E-state index contributed by atoms with van der Waals surface area (Å²) >= 11 is 5.91. The molecule has 0 saturated carbocycles. The molecule has 0 radical (unpaired) electrons. The van der Waals surface area contributed by atoms with Crippen LogP contribution in [0.15, 0.2) is 42.7 Å². The number of nitrogen functional groups attached to an aromatic ring is 1. The van der Waals surface area contributed by atoms with Crippen molar-refractivity contribution >= 4 is 23.2 Å². The second-order valence-electron chi connectivity index (χ2n) is 4.31. The molecule has 1 atom stereocenters. The molecule has 0 aliphatic carbocycles. The fourth-order valence-corrected chi connectivity index (χ4v) is 2.01. The van der Waals surface area contributed by atoms with Crippen LogP contribution >= 0.6 is 11.6 Å². The maximum atomic E-state index is 12.3. The molecule has 1 amide bonds. The maximum Gasteiger partial charge on any atom is 0.253 e. The molecule has 1 aromatic carbocycles. The number of nitrogens with zero attached hydrogens (tertiary/aromatic N) is 1. The van der Waals surface area contributed by atoms with Gasteiger partial charge in [0, 0.05) is 17.4 Å². The lowest BCUT2D eigenvalue weighted by Gasteiger charge is -2.16. The number of nitrogens with two attached hydrogens (primary N) is 1. The second kappa shape index (κ2) is 6.36. The van der Waals surface area contributed by atoms with Gasteiger partial charge in [0.05, 0.1) is 17.3 Å². The van der Waals surface area contributed by atoms with Crippen LogP contribution < -0.4 is 16.6 Å². The molecule has 104 valence electrons. The number of hydrogen-bond acceptors (Lipinski definition) is 4. The number of anilines is 1. The van der Waals surface area contributed by atoms with E-state index in [0.717, 1.165) is 5.56 Å². The Hall–Kier alpha value is -2.11. The maximum absolute atomic E-state index is 12.3. The van der Waals surface area contributed by atoms with Crippen molar-refractivity contribution in [3.8, 4) is 0 Å². The summed E-state index contributed by atoms with van der Waals surface area (Å²) in [6.45, 7) is 1.90. The van der Waals surface area contributed by atoms with Crippen molar-refractivity contribution in [3.63, 3.8) is 0 Å². The van der Waals surface area contributed by atoms with Crippen LogP contribution in [-0.2, 0) is 0 Å². The van der Waals surface area contributed by atoms with E-state index in [4.69, 9.17) is 17.4 Å². The van der Waals surface area contributed by atoms with Gasteiger partial charge in [0.2, 0.25) is 0 Å². The number of rotatable bonds is 4. The van der Waals surface area contributed by atoms with Gasteiger partial charge in [-0.1, -0.05) is 11.6 Å². The fraction of sp³-hybridized carbons (Fsp3) is 0.143. The Labute approximate surface area is 122 Å². The molecule has 0 aliphatic heterocycles. The first-order valence-corrected chi connectivity index (χ1v) is 6.46. The number of hydrogen-bond donors (Lipinski definition) is 3. The molecule has 0 fully saturated rings. The Kier molecular flexibility index (Phi) is 4.55. The predicted octanol–water partition coefficient (Wildman–Crippen LogP) is 2.51. The van der Waals surface area contributed by atoms with Gasteiger partial charge in [-0.25, -0.2) is 0 Å². The highest BCUT2D eigenvalue weighted by atomic mass is 35.5. The smallest absolute Gasteiger partial charge is 0.253 e. The molecule has 0 aliphatic rings.